The maximum absolute atomic E-state index is 12.5. The number of amides is 1. The summed E-state index contributed by atoms with van der Waals surface area (Å²) in [5, 5.41) is 4.23. The Hall–Kier alpha value is -1.94. The van der Waals surface area contributed by atoms with Gasteiger partial charge in [0, 0.05) is 15.6 Å². The van der Waals surface area contributed by atoms with E-state index in [1.165, 1.54) is 0 Å². The second kappa shape index (κ2) is 6.89. The van der Waals surface area contributed by atoms with E-state index >= 15 is 0 Å². The van der Waals surface area contributed by atoms with E-state index < -0.39 is 0 Å². The van der Waals surface area contributed by atoms with Crippen molar-refractivity contribution < 1.29 is 9.21 Å². The fourth-order valence-corrected chi connectivity index (χ4v) is 3.01. The summed E-state index contributed by atoms with van der Waals surface area (Å²) in [6.07, 6.45) is 0. The average molecular weight is 381 g/mol. The Morgan fingerprint density at radius 2 is 1.67 bits per heavy atom. The number of benzene rings is 2. The highest BCUT2D eigenvalue weighted by atomic mass is 35.5. The van der Waals surface area contributed by atoms with Gasteiger partial charge in [-0.15, -0.1) is 0 Å². The minimum Gasteiger partial charge on any atom is -0.461 e. The first kappa shape index (κ1) is 16.9. The molecule has 24 heavy (non-hydrogen) atoms. The maximum atomic E-state index is 12.5. The standard InChI is InChI=1S/C18H12Cl3NO2/c1-10-14(18(23)22-16-5-3-2-4-15(16)21)9-17(24-10)11-6-12(19)8-13(20)7-11/h2-9H,1H3,(H,22,23). The predicted octanol–water partition coefficient (Wildman–Crippen LogP) is 6.47. The third-order valence-corrected chi connectivity index (χ3v) is 4.20. The van der Waals surface area contributed by atoms with Crippen LogP contribution in [0.3, 0.4) is 0 Å². The van der Waals surface area contributed by atoms with Crippen LogP contribution in [0.25, 0.3) is 11.3 Å². The van der Waals surface area contributed by atoms with Gasteiger partial charge < -0.3 is 9.73 Å². The number of anilines is 1. The first-order valence-corrected chi connectivity index (χ1v) is 8.20. The third-order valence-electron chi connectivity index (χ3n) is 3.43. The zero-order chi connectivity index (χ0) is 17.3. The Morgan fingerprint density at radius 1 is 1.00 bits per heavy atom. The van der Waals surface area contributed by atoms with Crippen LogP contribution in [-0.2, 0) is 0 Å². The summed E-state index contributed by atoms with van der Waals surface area (Å²) in [7, 11) is 0. The Balaban J connectivity index is 1.91. The zero-order valence-corrected chi connectivity index (χ0v) is 14.8. The molecule has 1 N–H and O–H groups in total. The molecule has 0 saturated carbocycles. The molecule has 0 radical (unpaired) electrons. The molecular formula is C18H12Cl3NO2. The lowest BCUT2D eigenvalue weighted by atomic mass is 10.1. The molecule has 0 saturated heterocycles. The number of rotatable bonds is 3. The van der Waals surface area contributed by atoms with Crippen LogP contribution in [0.4, 0.5) is 5.69 Å². The summed E-state index contributed by atoms with van der Waals surface area (Å²) >= 11 is 18.1. The van der Waals surface area contributed by atoms with Gasteiger partial charge in [0.05, 0.1) is 16.3 Å². The smallest absolute Gasteiger partial charge is 0.259 e. The monoisotopic (exact) mass is 379 g/mol. The number of carbonyl (C=O) groups excluding carboxylic acids is 1. The quantitative estimate of drug-likeness (QED) is 0.566. The van der Waals surface area contributed by atoms with Crippen molar-refractivity contribution in [3.05, 3.63) is 74.9 Å². The Labute approximate surface area is 154 Å². The molecule has 1 amide bonds. The van der Waals surface area contributed by atoms with Crippen molar-refractivity contribution in [1.82, 2.24) is 0 Å². The molecule has 0 atom stereocenters. The molecule has 0 aliphatic rings. The number of nitrogens with one attached hydrogen (secondary N) is 1. The van der Waals surface area contributed by atoms with E-state index in [-0.39, 0.29) is 5.91 Å². The first-order valence-electron chi connectivity index (χ1n) is 7.07. The zero-order valence-electron chi connectivity index (χ0n) is 12.6. The number of furan rings is 1. The average Bonchev–Trinajstić information content (AvgIpc) is 2.91. The van der Waals surface area contributed by atoms with Gasteiger partial charge >= 0.3 is 0 Å². The van der Waals surface area contributed by atoms with E-state index in [1.807, 2.05) is 0 Å². The van der Waals surface area contributed by atoms with Gasteiger partial charge in [-0.25, -0.2) is 0 Å². The van der Waals surface area contributed by atoms with E-state index in [1.54, 1.807) is 55.5 Å². The summed E-state index contributed by atoms with van der Waals surface area (Å²) in [4.78, 5) is 12.5. The van der Waals surface area contributed by atoms with Gasteiger partial charge in [0.25, 0.3) is 5.91 Å². The topological polar surface area (TPSA) is 42.2 Å². The van der Waals surface area contributed by atoms with Crippen molar-refractivity contribution >= 4 is 46.4 Å². The number of para-hydroxylation sites is 1. The van der Waals surface area contributed by atoms with Crippen LogP contribution in [-0.4, -0.2) is 5.91 Å². The van der Waals surface area contributed by atoms with Crippen molar-refractivity contribution in [3.63, 3.8) is 0 Å². The molecule has 0 aliphatic carbocycles. The molecule has 0 unspecified atom stereocenters. The molecule has 0 aliphatic heterocycles. The van der Waals surface area contributed by atoms with Crippen molar-refractivity contribution in [3.8, 4) is 11.3 Å². The van der Waals surface area contributed by atoms with Gasteiger partial charge in [-0.1, -0.05) is 46.9 Å². The number of halogens is 3. The lowest BCUT2D eigenvalue weighted by molar-refractivity contribution is 0.102. The fourth-order valence-electron chi connectivity index (χ4n) is 2.30. The highest BCUT2D eigenvalue weighted by molar-refractivity contribution is 6.35. The lowest BCUT2D eigenvalue weighted by Crippen LogP contribution is -2.12. The van der Waals surface area contributed by atoms with Gasteiger partial charge in [0.1, 0.15) is 11.5 Å². The first-order chi connectivity index (χ1) is 11.4. The van der Waals surface area contributed by atoms with E-state index in [2.05, 4.69) is 5.32 Å². The van der Waals surface area contributed by atoms with Crippen LogP contribution in [0.15, 0.2) is 52.9 Å². The Kier molecular flexibility index (Phi) is 4.86. The summed E-state index contributed by atoms with van der Waals surface area (Å²) in [5.74, 6) is 0.704. The molecule has 1 aromatic heterocycles. The lowest BCUT2D eigenvalue weighted by Gasteiger charge is -2.05. The molecule has 0 bridgehead atoms. The third kappa shape index (κ3) is 3.59. The van der Waals surface area contributed by atoms with Gasteiger partial charge in [0.15, 0.2) is 0 Å². The van der Waals surface area contributed by atoms with E-state index in [0.717, 1.165) is 0 Å². The summed E-state index contributed by atoms with van der Waals surface area (Å²) in [6, 6.07) is 13.8. The fraction of sp³-hybridized carbons (Fsp3) is 0.0556. The minimum atomic E-state index is -0.302. The van der Waals surface area contributed by atoms with Crippen LogP contribution in [0, 0.1) is 6.92 Å². The molecule has 3 rings (SSSR count). The molecular weight excluding hydrogens is 369 g/mol. The van der Waals surface area contributed by atoms with E-state index in [9.17, 15) is 4.79 Å². The van der Waals surface area contributed by atoms with Crippen LogP contribution >= 0.6 is 34.8 Å². The van der Waals surface area contributed by atoms with Gasteiger partial charge in [-0.2, -0.15) is 0 Å². The van der Waals surface area contributed by atoms with Gasteiger partial charge in [0.2, 0.25) is 0 Å². The van der Waals surface area contributed by atoms with Gasteiger partial charge in [-0.3, -0.25) is 4.79 Å². The van der Waals surface area contributed by atoms with Crippen LogP contribution in [0.5, 0.6) is 0 Å². The van der Waals surface area contributed by atoms with Crippen molar-refractivity contribution in [2.24, 2.45) is 0 Å². The minimum absolute atomic E-state index is 0.302. The highest BCUT2D eigenvalue weighted by Gasteiger charge is 2.17. The molecule has 3 nitrogen and oxygen atoms in total. The van der Waals surface area contributed by atoms with E-state index in [4.69, 9.17) is 39.2 Å². The molecule has 0 fully saturated rings. The number of carbonyl (C=O) groups is 1. The van der Waals surface area contributed by atoms with Gasteiger partial charge in [-0.05, 0) is 43.3 Å². The SMILES string of the molecule is Cc1oc(-c2cc(Cl)cc(Cl)c2)cc1C(=O)Nc1ccccc1Cl. The molecule has 1 heterocycles. The van der Waals surface area contributed by atoms with Crippen LogP contribution < -0.4 is 5.32 Å². The largest absolute Gasteiger partial charge is 0.461 e. The highest BCUT2D eigenvalue weighted by Crippen LogP contribution is 2.31. The number of hydrogen-bond acceptors (Lipinski definition) is 2. The number of hydrogen-bond donors (Lipinski definition) is 1. The second-order valence-corrected chi connectivity index (χ2v) is 6.45. The second-order valence-electron chi connectivity index (χ2n) is 5.17. The Morgan fingerprint density at radius 3 is 2.33 bits per heavy atom. The summed E-state index contributed by atoms with van der Waals surface area (Å²) in [6.45, 7) is 1.72. The molecule has 0 spiro atoms. The van der Waals surface area contributed by atoms with Crippen molar-refractivity contribution in [2.75, 3.05) is 5.32 Å². The maximum Gasteiger partial charge on any atom is 0.259 e. The summed E-state index contributed by atoms with van der Waals surface area (Å²) < 4.78 is 5.69. The van der Waals surface area contributed by atoms with E-state index in [0.29, 0.717) is 43.4 Å². The van der Waals surface area contributed by atoms with Crippen LogP contribution in [0.2, 0.25) is 15.1 Å². The normalized spacial score (nSPS) is 10.7. The van der Waals surface area contributed by atoms with Crippen molar-refractivity contribution in [1.29, 1.82) is 0 Å². The van der Waals surface area contributed by atoms with Crippen LogP contribution in [0.1, 0.15) is 16.1 Å². The Bertz CT molecular complexity index is 898. The molecule has 3 aromatic rings. The molecule has 6 heteroatoms. The molecule has 122 valence electrons. The summed E-state index contributed by atoms with van der Waals surface area (Å²) in [5.41, 5.74) is 1.66. The predicted molar refractivity (Wildman–Crippen MR) is 98.3 cm³/mol. The van der Waals surface area contributed by atoms with Crippen molar-refractivity contribution in [2.45, 2.75) is 6.92 Å². The number of aryl methyl sites for hydroxylation is 1. The molecule has 2 aromatic carbocycles.